The van der Waals surface area contributed by atoms with Gasteiger partial charge in [-0.05, 0) is 45.9 Å². The van der Waals surface area contributed by atoms with Gasteiger partial charge in [-0.2, -0.15) is 5.26 Å². The Labute approximate surface area is 147 Å². The first-order valence-corrected chi connectivity index (χ1v) is 8.16. The van der Waals surface area contributed by atoms with Crippen LogP contribution in [-0.2, 0) is 10.3 Å². The van der Waals surface area contributed by atoms with E-state index in [0.29, 0.717) is 22.9 Å². The fraction of sp³-hybridized carbons (Fsp3) is 0.368. The van der Waals surface area contributed by atoms with Gasteiger partial charge in [0.2, 0.25) is 6.10 Å². The molecule has 25 heavy (non-hydrogen) atoms. The molecule has 1 amide bonds. The summed E-state index contributed by atoms with van der Waals surface area (Å²) in [4.78, 5) is 12.8. The summed E-state index contributed by atoms with van der Waals surface area (Å²) < 4.78 is 13.5. The number of anilines is 1. The third kappa shape index (κ3) is 3.31. The van der Waals surface area contributed by atoms with Crippen LogP contribution in [0.4, 0.5) is 5.82 Å². The minimum atomic E-state index is -0.774. The molecule has 0 spiro atoms. The number of carbonyl (C=O) groups excluding carboxylic acids is 1. The molecule has 0 saturated carbocycles. The van der Waals surface area contributed by atoms with Crippen LogP contribution in [0, 0.1) is 11.3 Å². The van der Waals surface area contributed by atoms with Crippen molar-refractivity contribution >= 4 is 11.7 Å². The number of hydrogen-bond donors (Lipinski definition) is 1. The largest absolute Gasteiger partial charge is 0.482 e. The average molecular weight is 339 g/mol. The molecule has 1 aliphatic heterocycles. The highest BCUT2D eigenvalue weighted by Gasteiger charge is 2.34. The van der Waals surface area contributed by atoms with Crippen LogP contribution in [0.15, 0.2) is 36.5 Å². The van der Waals surface area contributed by atoms with Crippen molar-refractivity contribution in [2.45, 2.75) is 45.4 Å². The number of carbonyl (C=O) groups is 1. The minimum Gasteiger partial charge on any atom is -0.482 e. The number of rotatable bonds is 2. The number of nitrogens with zero attached hydrogens (tertiary/aromatic N) is 2. The van der Waals surface area contributed by atoms with Crippen LogP contribution >= 0.6 is 0 Å². The van der Waals surface area contributed by atoms with Gasteiger partial charge in [0.05, 0.1) is 5.56 Å². The van der Waals surface area contributed by atoms with Crippen molar-refractivity contribution in [1.82, 2.24) is 4.57 Å². The molecule has 0 radical (unpaired) electrons. The summed E-state index contributed by atoms with van der Waals surface area (Å²) >= 11 is 0. The molecule has 0 fully saturated rings. The average Bonchev–Trinajstić information content (AvgIpc) is 2.97. The summed E-state index contributed by atoms with van der Waals surface area (Å²) in [6, 6.07) is 11.0. The molecule has 2 aromatic rings. The predicted octanol–water partition coefficient (Wildman–Crippen LogP) is 3.28. The van der Waals surface area contributed by atoms with E-state index in [1.165, 1.54) is 0 Å². The molecule has 3 rings (SSSR count). The first-order chi connectivity index (χ1) is 11.8. The van der Waals surface area contributed by atoms with Gasteiger partial charge in [0.25, 0.3) is 5.91 Å². The highest BCUT2D eigenvalue weighted by Crippen LogP contribution is 2.34. The molecule has 2 atom stereocenters. The summed E-state index contributed by atoms with van der Waals surface area (Å²) in [7, 11) is 0. The van der Waals surface area contributed by atoms with E-state index in [4.69, 9.17) is 14.7 Å². The Morgan fingerprint density at radius 1 is 1.24 bits per heavy atom. The van der Waals surface area contributed by atoms with Crippen molar-refractivity contribution in [3.63, 3.8) is 0 Å². The summed E-state index contributed by atoms with van der Waals surface area (Å²) in [6.07, 6.45) is 0.527. The number of amides is 1. The minimum absolute atomic E-state index is 0.278. The molecule has 6 nitrogen and oxygen atoms in total. The Balaban J connectivity index is 1.84. The van der Waals surface area contributed by atoms with E-state index in [-0.39, 0.29) is 11.4 Å². The van der Waals surface area contributed by atoms with E-state index in [0.717, 1.165) is 0 Å². The van der Waals surface area contributed by atoms with Gasteiger partial charge in [-0.15, -0.1) is 0 Å². The monoisotopic (exact) mass is 339 g/mol. The first-order valence-electron chi connectivity index (χ1n) is 8.16. The van der Waals surface area contributed by atoms with E-state index < -0.39 is 12.2 Å². The number of benzene rings is 1. The number of nitriles is 1. The van der Waals surface area contributed by atoms with Crippen LogP contribution in [0.25, 0.3) is 0 Å². The number of aromatic nitrogens is 1. The third-order valence-electron chi connectivity index (χ3n) is 4.02. The van der Waals surface area contributed by atoms with Crippen LogP contribution in [-0.4, -0.2) is 22.7 Å². The lowest BCUT2D eigenvalue weighted by molar-refractivity contribution is -0.128. The maximum Gasteiger partial charge on any atom is 0.270 e. The lowest BCUT2D eigenvalue weighted by Crippen LogP contribution is -2.46. The SMILES string of the molecule is CC1Oc2ccccc2OC1C(=O)Nc1cc(C#N)cn1C(C)(C)C. The standard InChI is InChI=1S/C19H21N3O3/c1-12-17(25-15-8-6-5-7-14(15)24-12)18(23)21-16-9-13(10-20)11-22(16)19(2,3)4/h5-9,11-12,17H,1-4H3,(H,21,23). The molecule has 0 bridgehead atoms. The van der Waals surface area contributed by atoms with Gasteiger partial charge in [0.15, 0.2) is 11.5 Å². The second-order valence-corrected chi connectivity index (χ2v) is 7.06. The number of nitrogens with one attached hydrogen (secondary N) is 1. The number of hydrogen-bond acceptors (Lipinski definition) is 4. The van der Waals surface area contributed by atoms with Gasteiger partial charge in [-0.1, -0.05) is 12.1 Å². The van der Waals surface area contributed by atoms with E-state index in [1.807, 2.05) is 43.5 Å². The van der Waals surface area contributed by atoms with Gasteiger partial charge in [-0.3, -0.25) is 4.79 Å². The zero-order valence-electron chi connectivity index (χ0n) is 14.7. The molecule has 6 heteroatoms. The van der Waals surface area contributed by atoms with Gasteiger partial charge < -0.3 is 19.4 Å². The molecule has 1 aromatic carbocycles. The topological polar surface area (TPSA) is 76.3 Å². The van der Waals surface area contributed by atoms with Crippen molar-refractivity contribution in [3.8, 4) is 17.6 Å². The van der Waals surface area contributed by atoms with Crippen LogP contribution in [0.5, 0.6) is 11.5 Å². The Hall–Kier alpha value is -2.94. The highest BCUT2D eigenvalue weighted by molar-refractivity contribution is 5.94. The molecular weight excluding hydrogens is 318 g/mol. The molecule has 0 saturated heterocycles. The Morgan fingerprint density at radius 3 is 2.48 bits per heavy atom. The predicted molar refractivity (Wildman–Crippen MR) is 93.7 cm³/mol. The van der Waals surface area contributed by atoms with Crippen molar-refractivity contribution in [3.05, 3.63) is 42.1 Å². The summed E-state index contributed by atoms with van der Waals surface area (Å²) in [5.74, 6) is 1.42. The van der Waals surface area contributed by atoms with E-state index >= 15 is 0 Å². The molecule has 0 aliphatic carbocycles. The van der Waals surface area contributed by atoms with Crippen molar-refractivity contribution < 1.29 is 14.3 Å². The van der Waals surface area contributed by atoms with Crippen molar-refractivity contribution in [2.75, 3.05) is 5.32 Å². The maximum absolute atomic E-state index is 12.8. The summed E-state index contributed by atoms with van der Waals surface area (Å²) in [6.45, 7) is 7.80. The van der Waals surface area contributed by atoms with E-state index in [9.17, 15) is 4.79 Å². The normalized spacial score (nSPS) is 19.2. The third-order valence-corrected chi connectivity index (χ3v) is 4.02. The van der Waals surface area contributed by atoms with Gasteiger partial charge >= 0.3 is 0 Å². The molecular formula is C19H21N3O3. The lowest BCUT2D eigenvalue weighted by atomic mass is 10.1. The van der Waals surface area contributed by atoms with Crippen LogP contribution in [0.1, 0.15) is 33.3 Å². The second kappa shape index (κ2) is 6.17. The van der Waals surface area contributed by atoms with Crippen LogP contribution < -0.4 is 14.8 Å². The Morgan fingerprint density at radius 2 is 1.88 bits per heavy atom. The van der Waals surface area contributed by atoms with Crippen LogP contribution in [0.3, 0.4) is 0 Å². The van der Waals surface area contributed by atoms with Crippen molar-refractivity contribution in [1.29, 1.82) is 5.26 Å². The number of ether oxygens (including phenoxy) is 2. The van der Waals surface area contributed by atoms with Crippen molar-refractivity contribution in [2.24, 2.45) is 0 Å². The Bertz CT molecular complexity index is 842. The zero-order valence-corrected chi connectivity index (χ0v) is 14.7. The highest BCUT2D eigenvalue weighted by atomic mass is 16.6. The molecule has 1 aliphatic rings. The molecule has 2 heterocycles. The fourth-order valence-corrected chi connectivity index (χ4v) is 2.78. The lowest BCUT2D eigenvalue weighted by Gasteiger charge is -2.31. The van der Waals surface area contributed by atoms with Gasteiger partial charge in [0, 0.05) is 11.7 Å². The van der Waals surface area contributed by atoms with Gasteiger partial charge in [-0.25, -0.2) is 0 Å². The van der Waals surface area contributed by atoms with E-state index in [1.54, 1.807) is 25.3 Å². The van der Waals surface area contributed by atoms with Gasteiger partial charge in [0.1, 0.15) is 18.0 Å². The fourth-order valence-electron chi connectivity index (χ4n) is 2.78. The summed E-state index contributed by atoms with van der Waals surface area (Å²) in [5, 5.41) is 12.0. The number of fused-ring (bicyclic) bond motifs is 1. The first kappa shape index (κ1) is 16.9. The van der Waals surface area contributed by atoms with E-state index in [2.05, 4.69) is 11.4 Å². The summed E-state index contributed by atoms with van der Waals surface area (Å²) in [5.41, 5.74) is 0.212. The second-order valence-electron chi connectivity index (χ2n) is 7.06. The molecule has 1 N–H and O–H groups in total. The quantitative estimate of drug-likeness (QED) is 0.911. The molecule has 130 valence electrons. The smallest absolute Gasteiger partial charge is 0.270 e. The number of para-hydroxylation sites is 2. The Kier molecular flexibility index (Phi) is 4.17. The molecule has 1 aromatic heterocycles. The van der Waals surface area contributed by atoms with Crippen LogP contribution in [0.2, 0.25) is 0 Å². The maximum atomic E-state index is 12.8. The zero-order chi connectivity index (χ0) is 18.2. The molecule has 2 unspecified atom stereocenters.